The van der Waals surface area contributed by atoms with E-state index >= 15 is 0 Å². The number of H-pyrrole nitrogens is 1. The Hall–Kier alpha value is -4.54. The molecule has 176 valence electrons. The van der Waals surface area contributed by atoms with Gasteiger partial charge in [-0.05, 0) is 30.2 Å². The summed E-state index contributed by atoms with van der Waals surface area (Å²) in [6.45, 7) is 3.01. The van der Waals surface area contributed by atoms with E-state index in [4.69, 9.17) is 4.74 Å². The van der Waals surface area contributed by atoms with Gasteiger partial charge in [0.15, 0.2) is 5.82 Å². The highest BCUT2D eigenvalue weighted by molar-refractivity contribution is 5.56. The normalized spacial score (nSPS) is 10.7. The standard InChI is InChI=1S/C23H26N8O3/c1-14-4-6-15(7-5-14)12-24-20-28-21(25-13-16-8-10-17(34-3)11-9-16)30-22(29-20)26-18-19(32)31(2)23(33)27-18/h4-11,32H,12-13H2,1-3H3,(H,27,33)(H3,24,25,26,28,29,30). The van der Waals surface area contributed by atoms with Crippen LogP contribution in [0.25, 0.3) is 0 Å². The highest BCUT2D eigenvalue weighted by Gasteiger charge is 2.13. The zero-order valence-corrected chi connectivity index (χ0v) is 19.1. The van der Waals surface area contributed by atoms with E-state index in [2.05, 4.69) is 35.9 Å². The molecule has 0 fully saturated rings. The lowest BCUT2D eigenvalue weighted by atomic mass is 10.1. The van der Waals surface area contributed by atoms with Crippen LogP contribution < -0.4 is 26.4 Å². The smallest absolute Gasteiger partial charge is 0.329 e. The van der Waals surface area contributed by atoms with Crippen molar-refractivity contribution >= 4 is 23.7 Å². The highest BCUT2D eigenvalue weighted by atomic mass is 16.5. The monoisotopic (exact) mass is 462 g/mol. The fourth-order valence-electron chi connectivity index (χ4n) is 3.11. The summed E-state index contributed by atoms with van der Waals surface area (Å²) in [6, 6.07) is 15.8. The van der Waals surface area contributed by atoms with Crippen molar-refractivity contribution in [2.45, 2.75) is 20.0 Å². The predicted molar refractivity (Wildman–Crippen MR) is 130 cm³/mol. The molecule has 11 nitrogen and oxygen atoms in total. The van der Waals surface area contributed by atoms with E-state index in [0.29, 0.717) is 25.0 Å². The van der Waals surface area contributed by atoms with Gasteiger partial charge in [0.25, 0.3) is 0 Å². The summed E-state index contributed by atoms with van der Waals surface area (Å²) in [4.78, 5) is 27.5. The molecule has 2 aromatic heterocycles. The van der Waals surface area contributed by atoms with Crippen molar-refractivity contribution in [2.24, 2.45) is 7.05 Å². The SMILES string of the molecule is COc1ccc(CNc2nc(NCc3ccc(C)cc3)nc(Nc3[nH]c(=O)n(C)c3O)n2)cc1. The van der Waals surface area contributed by atoms with E-state index < -0.39 is 5.69 Å². The van der Waals surface area contributed by atoms with Gasteiger partial charge >= 0.3 is 5.69 Å². The lowest BCUT2D eigenvalue weighted by Gasteiger charge is -2.11. The molecular formula is C23H26N8O3. The highest BCUT2D eigenvalue weighted by Crippen LogP contribution is 2.22. The van der Waals surface area contributed by atoms with Crippen molar-refractivity contribution in [1.82, 2.24) is 24.5 Å². The molecule has 0 atom stereocenters. The Morgan fingerprint density at radius 2 is 1.44 bits per heavy atom. The second kappa shape index (κ2) is 9.94. The van der Waals surface area contributed by atoms with Crippen molar-refractivity contribution in [2.75, 3.05) is 23.1 Å². The zero-order valence-electron chi connectivity index (χ0n) is 19.1. The number of benzene rings is 2. The number of anilines is 4. The maximum atomic E-state index is 11.8. The molecule has 0 unspecified atom stereocenters. The van der Waals surface area contributed by atoms with Gasteiger partial charge < -0.3 is 25.8 Å². The molecule has 0 saturated carbocycles. The first-order chi connectivity index (χ1) is 16.4. The van der Waals surface area contributed by atoms with Crippen molar-refractivity contribution in [3.05, 3.63) is 75.7 Å². The Morgan fingerprint density at radius 1 is 0.912 bits per heavy atom. The number of rotatable bonds is 9. The predicted octanol–water partition coefficient (Wildman–Crippen LogP) is 2.89. The second-order valence-corrected chi connectivity index (χ2v) is 7.66. The average molecular weight is 463 g/mol. The Kier molecular flexibility index (Phi) is 6.62. The molecule has 4 rings (SSSR count). The summed E-state index contributed by atoms with van der Waals surface area (Å²) in [5, 5.41) is 19.4. The quantitative estimate of drug-likeness (QED) is 0.254. The van der Waals surface area contributed by atoms with Crippen molar-refractivity contribution in [3.63, 3.8) is 0 Å². The first-order valence-electron chi connectivity index (χ1n) is 10.6. The van der Waals surface area contributed by atoms with Gasteiger partial charge in [0.05, 0.1) is 7.11 Å². The Labute approximate surface area is 195 Å². The summed E-state index contributed by atoms with van der Waals surface area (Å²) in [7, 11) is 3.07. The van der Waals surface area contributed by atoms with Crippen LogP contribution in [0.5, 0.6) is 11.6 Å². The van der Waals surface area contributed by atoms with Gasteiger partial charge in [-0.1, -0.05) is 42.0 Å². The molecule has 0 saturated heterocycles. The second-order valence-electron chi connectivity index (χ2n) is 7.66. The van der Waals surface area contributed by atoms with E-state index in [1.807, 2.05) is 55.5 Å². The van der Waals surface area contributed by atoms with E-state index in [0.717, 1.165) is 21.4 Å². The molecule has 0 spiro atoms. The van der Waals surface area contributed by atoms with Crippen molar-refractivity contribution < 1.29 is 9.84 Å². The molecule has 34 heavy (non-hydrogen) atoms. The maximum Gasteiger partial charge on any atom is 0.329 e. The minimum Gasteiger partial charge on any atom is -0.497 e. The van der Waals surface area contributed by atoms with Gasteiger partial charge in [0.2, 0.25) is 23.7 Å². The number of aromatic nitrogens is 5. The Bertz CT molecular complexity index is 1310. The molecule has 5 N–H and O–H groups in total. The van der Waals surface area contributed by atoms with Gasteiger partial charge in [-0.3, -0.25) is 9.55 Å². The number of imidazole rings is 1. The number of ether oxygens (including phenoxy) is 1. The number of aromatic amines is 1. The molecule has 0 aliphatic heterocycles. The Balaban J connectivity index is 1.55. The summed E-state index contributed by atoms with van der Waals surface area (Å²) in [5.41, 5.74) is 2.79. The minimum absolute atomic E-state index is 0.0873. The first kappa shape index (κ1) is 22.6. The van der Waals surface area contributed by atoms with E-state index in [-0.39, 0.29) is 17.6 Å². The van der Waals surface area contributed by atoms with E-state index in [1.165, 1.54) is 12.6 Å². The molecule has 0 amide bonds. The van der Waals surface area contributed by atoms with Crippen LogP contribution in [0.1, 0.15) is 16.7 Å². The number of nitrogens with one attached hydrogen (secondary N) is 4. The third-order valence-electron chi connectivity index (χ3n) is 5.13. The van der Waals surface area contributed by atoms with Crippen LogP contribution in [0.3, 0.4) is 0 Å². The van der Waals surface area contributed by atoms with Gasteiger partial charge in [-0.2, -0.15) is 15.0 Å². The van der Waals surface area contributed by atoms with Crippen LogP contribution >= 0.6 is 0 Å². The van der Waals surface area contributed by atoms with Crippen LogP contribution in [0, 0.1) is 6.92 Å². The largest absolute Gasteiger partial charge is 0.497 e. The molecule has 4 aromatic rings. The number of aryl methyl sites for hydroxylation is 1. The molecule has 0 aliphatic carbocycles. The van der Waals surface area contributed by atoms with Crippen LogP contribution in [-0.4, -0.2) is 36.7 Å². The molecule has 2 aromatic carbocycles. The van der Waals surface area contributed by atoms with Gasteiger partial charge in [-0.25, -0.2) is 4.79 Å². The van der Waals surface area contributed by atoms with E-state index in [9.17, 15) is 9.90 Å². The zero-order chi connectivity index (χ0) is 24.1. The average Bonchev–Trinajstić information content (AvgIpc) is 3.09. The minimum atomic E-state index is -0.468. The first-order valence-corrected chi connectivity index (χ1v) is 10.6. The summed E-state index contributed by atoms with van der Waals surface area (Å²) < 4.78 is 6.26. The lowest BCUT2D eigenvalue weighted by molar-refractivity contribution is 0.414. The molecule has 0 aliphatic rings. The summed E-state index contributed by atoms with van der Waals surface area (Å²) >= 11 is 0. The molecule has 0 bridgehead atoms. The number of hydrogen-bond donors (Lipinski definition) is 5. The lowest BCUT2D eigenvalue weighted by Crippen LogP contribution is -2.12. The number of nitrogens with zero attached hydrogens (tertiary/aromatic N) is 4. The summed E-state index contributed by atoms with van der Waals surface area (Å²) in [5.74, 6) is 1.40. The number of aromatic hydroxyl groups is 1. The van der Waals surface area contributed by atoms with Crippen LogP contribution in [0.2, 0.25) is 0 Å². The van der Waals surface area contributed by atoms with Crippen LogP contribution in [0.4, 0.5) is 23.7 Å². The van der Waals surface area contributed by atoms with Gasteiger partial charge in [-0.15, -0.1) is 0 Å². The third kappa shape index (κ3) is 5.44. The fourth-order valence-corrected chi connectivity index (χ4v) is 3.11. The van der Waals surface area contributed by atoms with Gasteiger partial charge in [0.1, 0.15) is 5.75 Å². The van der Waals surface area contributed by atoms with Crippen molar-refractivity contribution in [3.8, 4) is 11.6 Å². The fraction of sp³-hybridized carbons (Fsp3) is 0.217. The molecular weight excluding hydrogens is 436 g/mol. The number of hydrogen-bond acceptors (Lipinski definition) is 9. The van der Waals surface area contributed by atoms with Crippen molar-refractivity contribution in [1.29, 1.82) is 0 Å². The van der Waals surface area contributed by atoms with Crippen LogP contribution in [0.15, 0.2) is 53.3 Å². The van der Waals surface area contributed by atoms with Gasteiger partial charge in [0, 0.05) is 20.1 Å². The molecule has 0 radical (unpaired) electrons. The molecule has 11 heteroatoms. The number of methoxy groups -OCH3 is 1. The molecule has 2 heterocycles. The maximum absolute atomic E-state index is 11.8. The Morgan fingerprint density at radius 3 is 1.94 bits per heavy atom. The third-order valence-corrected chi connectivity index (χ3v) is 5.13. The van der Waals surface area contributed by atoms with Crippen LogP contribution in [-0.2, 0) is 20.1 Å². The van der Waals surface area contributed by atoms with E-state index in [1.54, 1.807) is 7.11 Å². The summed E-state index contributed by atoms with van der Waals surface area (Å²) in [6.07, 6.45) is 0. The topological polar surface area (TPSA) is 142 Å².